The lowest BCUT2D eigenvalue weighted by Crippen LogP contribution is -2.37. The normalized spacial score (nSPS) is 14.7. The molecule has 0 saturated heterocycles. The van der Waals surface area contributed by atoms with E-state index in [9.17, 15) is 4.79 Å². The van der Waals surface area contributed by atoms with E-state index in [0.717, 1.165) is 5.56 Å². The van der Waals surface area contributed by atoms with Crippen LogP contribution in [0, 0.1) is 12.8 Å². The Labute approximate surface area is 94.8 Å². The van der Waals surface area contributed by atoms with Crippen LogP contribution in [0.25, 0.3) is 0 Å². The minimum absolute atomic E-state index is 0.0412. The summed E-state index contributed by atoms with van der Waals surface area (Å²) in [6, 6.07) is 1.81. The molecule has 3 nitrogen and oxygen atoms in total. The first-order valence-corrected chi connectivity index (χ1v) is 5.50. The highest BCUT2D eigenvalue weighted by atomic mass is 35.5. The fourth-order valence-electron chi connectivity index (χ4n) is 1.15. The van der Waals surface area contributed by atoms with Crippen LogP contribution in [0.5, 0.6) is 0 Å². The second-order valence-corrected chi connectivity index (χ2v) is 4.14. The van der Waals surface area contributed by atoms with Gasteiger partial charge in [-0.15, -0.1) is 11.6 Å². The molecule has 15 heavy (non-hydrogen) atoms. The van der Waals surface area contributed by atoms with Gasteiger partial charge in [0.05, 0.1) is 6.26 Å². The first-order chi connectivity index (χ1) is 7.06. The topological polar surface area (TPSA) is 42.2 Å². The van der Waals surface area contributed by atoms with Gasteiger partial charge in [0.1, 0.15) is 0 Å². The van der Waals surface area contributed by atoms with E-state index in [1.54, 1.807) is 6.07 Å². The van der Waals surface area contributed by atoms with Crippen molar-refractivity contribution in [2.24, 2.45) is 5.92 Å². The fraction of sp³-hybridized carbons (Fsp3) is 0.545. The summed E-state index contributed by atoms with van der Waals surface area (Å²) in [5.74, 6) is 0.968. The second kappa shape index (κ2) is 5.21. The Morgan fingerprint density at radius 2 is 2.27 bits per heavy atom. The molecular weight excluding hydrogens is 214 g/mol. The minimum Gasteiger partial charge on any atom is -0.459 e. The van der Waals surface area contributed by atoms with Gasteiger partial charge in [-0.2, -0.15) is 0 Å². The number of amides is 1. The molecule has 0 aliphatic heterocycles. The predicted molar refractivity (Wildman–Crippen MR) is 60.3 cm³/mol. The molecule has 0 aromatic carbocycles. The van der Waals surface area contributed by atoms with Crippen molar-refractivity contribution in [1.29, 1.82) is 0 Å². The van der Waals surface area contributed by atoms with E-state index in [0.29, 0.717) is 11.6 Å². The number of nitrogens with one attached hydrogen (secondary N) is 1. The highest BCUT2D eigenvalue weighted by molar-refractivity contribution is 6.18. The van der Waals surface area contributed by atoms with Crippen molar-refractivity contribution in [3.05, 3.63) is 23.7 Å². The molecule has 0 fully saturated rings. The Kier molecular flexibility index (Phi) is 4.21. The summed E-state index contributed by atoms with van der Waals surface area (Å²) in [5, 5.41) is 2.86. The summed E-state index contributed by atoms with van der Waals surface area (Å²) >= 11 is 5.71. The molecule has 0 bridgehead atoms. The molecule has 1 rings (SSSR count). The van der Waals surface area contributed by atoms with E-state index in [2.05, 4.69) is 5.32 Å². The summed E-state index contributed by atoms with van der Waals surface area (Å²) in [6.07, 6.45) is 1.51. The van der Waals surface area contributed by atoms with Gasteiger partial charge in [0.2, 0.25) is 0 Å². The van der Waals surface area contributed by atoms with Crippen LogP contribution in [0.3, 0.4) is 0 Å². The minimum atomic E-state index is -0.179. The van der Waals surface area contributed by atoms with E-state index in [4.69, 9.17) is 16.0 Å². The largest absolute Gasteiger partial charge is 0.459 e. The molecule has 0 aliphatic rings. The number of carbonyl (C=O) groups excluding carboxylic acids is 1. The SMILES string of the molecule is Cc1ccoc1C(=O)NC(C)C(C)CCl. The first kappa shape index (κ1) is 12.1. The molecule has 1 aromatic rings. The molecular formula is C11H16ClNO2. The van der Waals surface area contributed by atoms with Crippen molar-refractivity contribution in [3.8, 4) is 0 Å². The van der Waals surface area contributed by atoms with Crippen LogP contribution >= 0.6 is 11.6 Å². The van der Waals surface area contributed by atoms with E-state index in [-0.39, 0.29) is 17.9 Å². The number of halogens is 1. The molecule has 1 N–H and O–H groups in total. The summed E-state index contributed by atoms with van der Waals surface area (Å²) in [6.45, 7) is 5.77. The highest BCUT2D eigenvalue weighted by Gasteiger charge is 2.18. The van der Waals surface area contributed by atoms with Crippen LogP contribution in [0.1, 0.15) is 30.0 Å². The third-order valence-electron chi connectivity index (χ3n) is 2.52. The fourth-order valence-corrected chi connectivity index (χ4v) is 1.42. The van der Waals surface area contributed by atoms with Crippen LogP contribution in [0.4, 0.5) is 0 Å². The van der Waals surface area contributed by atoms with Crippen LogP contribution in [0.2, 0.25) is 0 Å². The summed E-state index contributed by atoms with van der Waals surface area (Å²) < 4.78 is 5.10. The zero-order valence-corrected chi connectivity index (χ0v) is 9.97. The molecule has 2 unspecified atom stereocenters. The number of aryl methyl sites for hydroxylation is 1. The standard InChI is InChI=1S/C11H16ClNO2/c1-7-4-5-15-10(7)11(14)13-9(3)8(2)6-12/h4-5,8-9H,6H2,1-3H3,(H,13,14). The van der Waals surface area contributed by atoms with Crippen LogP contribution < -0.4 is 5.32 Å². The lowest BCUT2D eigenvalue weighted by Gasteiger charge is -2.18. The molecule has 2 atom stereocenters. The number of hydrogen-bond donors (Lipinski definition) is 1. The van der Waals surface area contributed by atoms with Gasteiger partial charge in [-0.05, 0) is 25.8 Å². The van der Waals surface area contributed by atoms with Crippen LogP contribution in [-0.2, 0) is 0 Å². The second-order valence-electron chi connectivity index (χ2n) is 3.83. The van der Waals surface area contributed by atoms with Crippen molar-refractivity contribution >= 4 is 17.5 Å². The quantitative estimate of drug-likeness (QED) is 0.807. The molecule has 0 spiro atoms. The Hall–Kier alpha value is -0.960. The van der Waals surface area contributed by atoms with Crippen molar-refractivity contribution in [3.63, 3.8) is 0 Å². The smallest absolute Gasteiger partial charge is 0.287 e. The molecule has 1 amide bonds. The van der Waals surface area contributed by atoms with Crippen molar-refractivity contribution in [2.45, 2.75) is 26.8 Å². The number of rotatable bonds is 4. The first-order valence-electron chi connectivity index (χ1n) is 4.97. The molecule has 4 heteroatoms. The van der Waals surface area contributed by atoms with Crippen molar-refractivity contribution < 1.29 is 9.21 Å². The lowest BCUT2D eigenvalue weighted by atomic mass is 10.1. The maximum absolute atomic E-state index is 11.7. The van der Waals surface area contributed by atoms with Gasteiger partial charge >= 0.3 is 0 Å². The zero-order valence-electron chi connectivity index (χ0n) is 9.21. The van der Waals surface area contributed by atoms with Crippen LogP contribution in [-0.4, -0.2) is 17.8 Å². The van der Waals surface area contributed by atoms with Crippen molar-refractivity contribution in [1.82, 2.24) is 5.32 Å². The van der Waals surface area contributed by atoms with Gasteiger partial charge in [0.15, 0.2) is 5.76 Å². The maximum Gasteiger partial charge on any atom is 0.287 e. The number of alkyl halides is 1. The highest BCUT2D eigenvalue weighted by Crippen LogP contribution is 2.10. The van der Waals surface area contributed by atoms with Gasteiger partial charge in [-0.3, -0.25) is 4.79 Å². The van der Waals surface area contributed by atoms with Gasteiger partial charge in [-0.1, -0.05) is 6.92 Å². The van der Waals surface area contributed by atoms with Gasteiger partial charge in [-0.25, -0.2) is 0 Å². The average Bonchev–Trinajstić information content (AvgIpc) is 2.63. The maximum atomic E-state index is 11.7. The lowest BCUT2D eigenvalue weighted by molar-refractivity contribution is 0.0902. The summed E-state index contributed by atoms with van der Waals surface area (Å²) in [4.78, 5) is 11.7. The molecule has 0 saturated carbocycles. The number of hydrogen-bond acceptors (Lipinski definition) is 2. The third-order valence-corrected chi connectivity index (χ3v) is 3.01. The van der Waals surface area contributed by atoms with Crippen LogP contribution in [0.15, 0.2) is 16.7 Å². The summed E-state index contributed by atoms with van der Waals surface area (Å²) in [5.41, 5.74) is 0.846. The van der Waals surface area contributed by atoms with E-state index in [1.807, 2.05) is 20.8 Å². The van der Waals surface area contributed by atoms with E-state index < -0.39 is 0 Å². The van der Waals surface area contributed by atoms with Crippen molar-refractivity contribution in [2.75, 3.05) is 5.88 Å². The van der Waals surface area contributed by atoms with Gasteiger partial charge in [0, 0.05) is 17.5 Å². The Bertz CT molecular complexity index is 335. The molecule has 0 aliphatic carbocycles. The van der Waals surface area contributed by atoms with Gasteiger partial charge < -0.3 is 9.73 Å². The van der Waals surface area contributed by atoms with Gasteiger partial charge in [0.25, 0.3) is 5.91 Å². The molecule has 1 aromatic heterocycles. The Balaban J connectivity index is 2.60. The predicted octanol–water partition coefficient (Wildman–Crippen LogP) is 2.58. The molecule has 0 radical (unpaired) electrons. The number of carbonyl (C=O) groups is 1. The van der Waals surface area contributed by atoms with E-state index in [1.165, 1.54) is 6.26 Å². The third kappa shape index (κ3) is 2.99. The monoisotopic (exact) mass is 229 g/mol. The molecule has 1 heterocycles. The Morgan fingerprint density at radius 1 is 1.60 bits per heavy atom. The number of furan rings is 1. The van der Waals surface area contributed by atoms with E-state index >= 15 is 0 Å². The molecule has 84 valence electrons. The zero-order chi connectivity index (χ0) is 11.4. The summed E-state index contributed by atoms with van der Waals surface area (Å²) in [7, 11) is 0. The average molecular weight is 230 g/mol. The Morgan fingerprint density at radius 3 is 2.73 bits per heavy atom.